The van der Waals surface area contributed by atoms with Crippen molar-refractivity contribution in [3.63, 3.8) is 0 Å². The number of nitrogens with zero attached hydrogens (tertiary/aromatic N) is 2. The summed E-state index contributed by atoms with van der Waals surface area (Å²) in [5.74, 6) is -0.129. The summed E-state index contributed by atoms with van der Waals surface area (Å²) in [6.45, 7) is 0.765. The van der Waals surface area contributed by atoms with Crippen LogP contribution in [0.15, 0.2) is 18.3 Å². The smallest absolute Gasteiger partial charge is 0.222 e. The van der Waals surface area contributed by atoms with E-state index >= 15 is 0 Å². The molecule has 1 fully saturated rings. The van der Waals surface area contributed by atoms with Gasteiger partial charge >= 0.3 is 0 Å². The highest BCUT2D eigenvalue weighted by Crippen LogP contribution is 2.27. The molecule has 2 rings (SSSR count). The minimum Gasteiger partial charge on any atom is -0.346 e. The van der Waals surface area contributed by atoms with Crippen LogP contribution in [0.1, 0.15) is 24.3 Å². The lowest BCUT2D eigenvalue weighted by molar-refractivity contribution is -0.132. The van der Waals surface area contributed by atoms with Crippen molar-refractivity contribution in [2.75, 3.05) is 13.6 Å². The van der Waals surface area contributed by atoms with Crippen molar-refractivity contribution in [1.29, 1.82) is 0 Å². The highest BCUT2D eigenvalue weighted by atomic mass is 19.1. The fraction of sp³-hybridized carbons (Fsp3) is 0.455. The summed E-state index contributed by atoms with van der Waals surface area (Å²) in [6.07, 6.45) is 2.96. The predicted molar refractivity (Wildman–Crippen MR) is 53.8 cm³/mol. The molecule has 1 saturated heterocycles. The molecule has 1 aromatic rings. The van der Waals surface area contributed by atoms with Crippen LogP contribution in [0.5, 0.6) is 0 Å². The molecule has 80 valence electrons. The van der Waals surface area contributed by atoms with Crippen molar-refractivity contribution in [3.05, 3.63) is 29.8 Å². The van der Waals surface area contributed by atoms with Gasteiger partial charge in [0.2, 0.25) is 11.9 Å². The number of piperidine rings is 1. The summed E-state index contributed by atoms with van der Waals surface area (Å²) < 4.78 is 12.6. The number of carbonyl (C=O) groups is 1. The number of aromatic nitrogens is 1. The van der Waals surface area contributed by atoms with Crippen molar-refractivity contribution in [3.8, 4) is 0 Å². The normalized spacial score (nSPS) is 21.9. The molecule has 1 aliphatic rings. The molecule has 0 saturated carbocycles. The quantitative estimate of drug-likeness (QED) is 0.656. The van der Waals surface area contributed by atoms with Gasteiger partial charge in [-0.3, -0.25) is 4.79 Å². The lowest BCUT2D eigenvalue weighted by Crippen LogP contribution is -2.34. The zero-order valence-electron chi connectivity index (χ0n) is 8.61. The number of hydrogen-bond acceptors (Lipinski definition) is 2. The fourth-order valence-electron chi connectivity index (χ4n) is 1.86. The number of likely N-dealkylation sites (tertiary alicyclic amines) is 1. The van der Waals surface area contributed by atoms with Gasteiger partial charge in [-0.05, 0) is 24.0 Å². The molecule has 15 heavy (non-hydrogen) atoms. The Bertz CT molecular complexity index is 363. The van der Waals surface area contributed by atoms with Gasteiger partial charge in [-0.1, -0.05) is 6.07 Å². The Labute approximate surface area is 87.9 Å². The van der Waals surface area contributed by atoms with Crippen LogP contribution in [0.2, 0.25) is 0 Å². The van der Waals surface area contributed by atoms with E-state index in [1.807, 2.05) is 7.05 Å². The van der Waals surface area contributed by atoms with Crippen LogP contribution in [0, 0.1) is 5.95 Å². The van der Waals surface area contributed by atoms with E-state index in [1.54, 1.807) is 11.0 Å². The topological polar surface area (TPSA) is 33.2 Å². The molecule has 4 heteroatoms. The van der Waals surface area contributed by atoms with Crippen LogP contribution in [0.4, 0.5) is 4.39 Å². The van der Waals surface area contributed by atoms with Crippen LogP contribution in [-0.2, 0) is 4.79 Å². The minimum atomic E-state index is -0.474. The molecule has 2 heterocycles. The van der Waals surface area contributed by atoms with Crippen LogP contribution in [0.3, 0.4) is 0 Å². The number of amides is 1. The molecule has 0 radical (unpaired) electrons. The van der Waals surface area contributed by atoms with Crippen molar-refractivity contribution in [1.82, 2.24) is 9.88 Å². The van der Waals surface area contributed by atoms with Crippen LogP contribution in [0.25, 0.3) is 0 Å². The highest BCUT2D eigenvalue weighted by Gasteiger charge is 2.24. The second-order valence-corrected chi connectivity index (χ2v) is 3.92. The third-order valence-corrected chi connectivity index (χ3v) is 2.88. The second kappa shape index (κ2) is 3.96. The van der Waals surface area contributed by atoms with Crippen molar-refractivity contribution >= 4 is 5.91 Å². The minimum absolute atomic E-state index is 0.149. The number of hydrogen-bond donors (Lipinski definition) is 0. The van der Waals surface area contributed by atoms with Gasteiger partial charge in [-0.25, -0.2) is 4.98 Å². The molecule has 0 aromatic carbocycles. The van der Waals surface area contributed by atoms with E-state index in [4.69, 9.17) is 0 Å². The van der Waals surface area contributed by atoms with Crippen LogP contribution < -0.4 is 0 Å². The number of carbonyl (C=O) groups excluding carboxylic acids is 1. The van der Waals surface area contributed by atoms with E-state index < -0.39 is 5.95 Å². The van der Waals surface area contributed by atoms with Gasteiger partial charge in [-0.2, -0.15) is 4.39 Å². The number of rotatable bonds is 1. The van der Waals surface area contributed by atoms with Gasteiger partial charge in [0.15, 0.2) is 0 Å². The Kier molecular flexibility index (Phi) is 2.66. The first-order chi connectivity index (χ1) is 7.16. The second-order valence-electron chi connectivity index (χ2n) is 3.92. The Balaban J connectivity index is 2.12. The number of halogens is 1. The first kappa shape index (κ1) is 10.1. The van der Waals surface area contributed by atoms with Crippen LogP contribution >= 0.6 is 0 Å². The lowest BCUT2D eigenvalue weighted by Gasteiger charge is -2.28. The number of pyridine rings is 1. The summed E-state index contributed by atoms with van der Waals surface area (Å²) in [5, 5.41) is 0. The van der Waals surface area contributed by atoms with Crippen molar-refractivity contribution in [2.24, 2.45) is 0 Å². The average Bonchev–Trinajstić information content (AvgIpc) is 2.23. The molecule has 1 unspecified atom stereocenters. The molecule has 0 spiro atoms. The summed E-state index contributed by atoms with van der Waals surface area (Å²) in [7, 11) is 1.81. The summed E-state index contributed by atoms with van der Waals surface area (Å²) >= 11 is 0. The molecule has 3 nitrogen and oxygen atoms in total. The Morgan fingerprint density at radius 1 is 1.53 bits per heavy atom. The SMILES string of the molecule is CN1CCC(c2ccc(F)nc2)CC1=O. The maximum atomic E-state index is 12.6. The van der Waals surface area contributed by atoms with Gasteiger partial charge < -0.3 is 4.90 Å². The Morgan fingerprint density at radius 2 is 2.33 bits per heavy atom. The van der Waals surface area contributed by atoms with Crippen LogP contribution in [-0.4, -0.2) is 29.4 Å². The molecular weight excluding hydrogens is 195 g/mol. The predicted octanol–water partition coefficient (Wildman–Crippen LogP) is 1.56. The van der Waals surface area contributed by atoms with E-state index in [0.717, 1.165) is 18.5 Å². The van der Waals surface area contributed by atoms with Crippen molar-refractivity contribution < 1.29 is 9.18 Å². The molecule has 0 N–H and O–H groups in total. The lowest BCUT2D eigenvalue weighted by atomic mass is 9.90. The first-order valence-electron chi connectivity index (χ1n) is 5.02. The third-order valence-electron chi connectivity index (χ3n) is 2.88. The molecule has 1 atom stereocenters. The summed E-state index contributed by atoms with van der Waals surface area (Å²) in [4.78, 5) is 16.8. The maximum Gasteiger partial charge on any atom is 0.222 e. The third kappa shape index (κ3) is 2.14. The van der Waals surface area contributed by atoms with Gasteiger partial charge in [0.1, 0.15) is 0 Å². The molecule has 1 aromatic heterocycles. The molecule has 0 aliphatic carbocycles. The molecule has 0 bridgehead atoms. The van der Waals surface area contributed by atoms with Gasteiger partial charge in [-0.15, -0.1) is 0 Å². The van der Waals surface area contributed by atoms with E-state index in [-0.39, 0.29) is 11.8 Å². The maximum absolute atomic E-state index is 12.6. The first-order valence-corrected chi connectivity index (χ1v) is 5.02. The van der Waals surface area contributed by atoms with Crippen molar-refractivity contribution in [2.45, 2.75) is 18.8 Å². The molecular formula is C11H13FN2O. The van der Waals surface area contributed by atoms with E-state index in [9.17, 15) is 9.18 Å². The molecule has 1 amide bonds. The van der Waals surface area contributed by atoms with Gasteiger partial charge in [0, 0.05) is 26.2 Å². The summed E-state index contributed by atoms with van der Waals surface area (Å²) in [5.41, 5.74) is 0.956. The fourth-order valence-corrected chi connectivity index (χ4v) is 1.86. The molecule has 1 aliphatic heterocycles. The van der Waals surface area contributed by atoms with E-state index in [0.29, 0.717) is 6.42 Å². The van der Waals surface area contributed by atoms with E-state index in [1.165, 1.54) is 12.3 Å². The largest absolute Gasteiger partial charge is 0.346 e. The monoisotopic (exact) mass is 208 g/mol. The Morgan fingerprint density at radius 3 is 2.93 bits per heavy atom. The zero-order chi connectivity index (χ0) is 10.8. The highest BCUT2D eigenvalue weighted by molar-refractivity contribution is 5.77. The van der Waals surface area contributed by atoms with Gasteiger partial charge in [0.05, 0.1) is 0 Å². The average molecular weight is 208 g/mol. The zero-order valence-corrected chi connectivity index (χ0v) is 8.61. The van der Waals surface area contributed by atoms with Gasteiger partial charge in [0.25, 0.3) is 0 Å². The standard InChI is InChI=1S/C11H13FN2O/c1-14-5-4-8(6-11(14)15)9-2-3-10(12)13-7-9/h2-3,7-8H,4-6H2,1H3. The Hall–Kier alpha value is -1.45. The summed E-state index contributed by atoms with van der Waals surface area (Å²) in [6, 6.07) is 3.06. The van der Waals surface area contributed by atoms with E-state index in [2.05, 4.69) is 4.98 Å².